The van der Waals surface area contributed by atoms with E-state index in [1.807, 2.05) is 5.38 Å². The highest BCUT2D eigenvalue weighted by molar-refractivity contribution is 7.14. The summed E-state index contributed by atoms with van der Waals surface area (Å²) in [7, 11) is 0. The smallest absolute Gasteiger partial charge is 0.259 e. The topological polar surface area (TPSA) is 92.9 Å². The van der Waals surface area contributed by atoms with Gasteiger partial charge >= 0.3 is 0 Å². The summed E-state index contributed by atoms with van der Waals surface area (Å²) in [5, 5.41) is 5.41. The van der Waals surface area contributed by atoms with Crippen molar-refractivity contribution < 1.29 is 4.79 Å². The summed E-state index contributed by atoms with van der Waals surface area (Å²) >= 11 is 1.45. The molecule has 0 aromatic carbocycles. The Bertz CT molecular complexity index is 590. The van der Waals surface area contributed by atoms with Gasteiger partial charge in [0.1, 0.15) is 5.82 Å². The first-order valence-electron chi connectivity index (χ1n) is 5.95. The van der Waals surface area contributed by atoms with Gasteiger partial charge in [-0.2, -0.15) is 0 Å². The second kappa shape index (κ2) is 4.94. The van der Waals surface area contributed by atoms with Gasteiger partial charge in [0, 0.05) is 17.5 Å². The van der Waals surface area contributed by atoms with Gasteiger partial charge in [0.15, 0.2) is 5.13 Å². The van der Waals surface area contributed by atoms with Crippen molar-refractivity contribution in [2.24, 2.45) is 5.84 Å². The lowest BCUT2D eigenvalue weighted by molar-refractivity contribution is 0.102. The molecule has 1 aliphatic carbocycles. The van der Waals surface area contributed by atoms with Crippen LogP contribution in [0.25, 0.3) is 0 Å². The highest BCUT2D eigenvalue weighted by Crippen LogP contribution is 2.40. The molecule has 7 heteroatoms. The molecule has 2 aromatic heterocycles. The lowest BCUT2D eigenvalue weighted by atomic mass is 10.2. The molecule has 0 spiro atoms. The first kappa shape index (κ1) is 12.1. The number of nitrogens with two attached hydrogens (primary N) is 1. The fraction of sp³-hybridized carbons (Fsp3) is 0.250. The highest BCUT2D eigenvalue weighted by Gasteiger charge is 2.26. The average molecular weight is 275 g/mol. The molecule has 1 aliphatic rings. The molecule has 98 valence electrons. The van der Waals surface area contributed by atoms with Gasteiger partial charge in [-0.15, -0.1) is 11.3 Å². The summed E-state index contributed by atoms with van der Waals surface area (Å²) in [6.07, 6.45) is 3.88. The SMILES string of the molecule is NNc1ccc(C(=O)Nc2nc(C3CC3)cs2)cn1. The van der Waals surface area contributed by atoms with Crippen molar-refractivity contribution in [1.82, 2.24) is 9.97 Å². The Morgan fingerprint density at radius 3 is 2.89 bits per heavy atom. The third-order valence-corrected chi connectivity index (χ3v) is 3.69. The Morgan fingerprint density at radius 1 is 1.42 bits per heavy atom. The van der Waals surface area contributed by atoms with E-state index in [1.54, 1.807) is 12.1 Å². The summed E-state index contributed by atoms with van der Waals surface area (Å²) < 4.78 is 0. The molecule has 1 saturated carbocycles. The van der Waals surface area contributed by atoms with Gasteiger partial charge in [0.2, 0.25) is 0 Å². The van der Waals surface area contributed by atoms with E-state index in [2.05, 4.69) is 20.7 Å². The second-order valence-electron chi connectivity index (χ2n) is 4.38. The maximum absolute atomic E-state index is 12.0. The number of aromatic nitrogens is 2. The second-order valence-corrected chi connectivity index (χ2v) is 5.24. The van der Waals surface area contributed by atoms with E-state index in [4.69, 9.17) is 5.84 Å². The van der Waals surface area contributed by atoms with E-state index in [1.165, 1.54) is 30.4 Å². The van der Waals surface area contributed by atoms with Crippen LogP contribution in [0.5, 0.6) is 0 Å². The van der Waals surface area contributed by atoms with Gasteiger partial charge in [-0.3, -0.25) is 10.1 Å². The van der Waals surface area contributed by atoms with Crippen LogP contribution in [0.15, 0.2) is 23.7 Å². The number of rotatable bonds is 4. The Kier molecular flexibility index (Phi) is 3.14. The third-order valence-electron chi connectivity index (χ3n) is 2.91. The predicted molar refractivity (Wildman–Crippen MR) is 74.1 cm³/mol. The number of carbonyl (C=O) groups is 1. The summed E-state index contributed by atoms with van der Waals surface area (Å²) in [6, 6.07) is 3.30. The minimum Gasteiger partial charge on any atom is -0.308 e. The number of thiazole rings is 1. The summed E-state index contributed by atoms with van der Waals surface area (Å²) in [5.41, 5.74) is 3.97. The third kappa shape index (κ3) is 2.72. The van der Waals surface area contributed by atoms with Gasteiger partial charge in [-0.05, 0) is 25.0 Å². The van der Waals surface area contributed by atoms with Gasteiger partial charge in [0.05, 0.1) is 11.3 Å². The number of nitrogens with zero attached hydrogens (tertiary/aromatic N) is 2. The largest absolute Gasteiger partial charge is 0.308 e. The van der Waals surface area contributed by atoms with Gasteiger partial charge < -0.3 is 5.43 Å². The standard InChI is InChI=1S/C12H13N5OS/c13-17-10-4-3-8(5-14-10)11(18)16-12-15-9(6-19-12)7-1-2-7/h3-7H,1-2,13H2,(H,14,17)(H,15,16,18). The van der Waals surface area contributed by atoms with Crippen molar-refractivity contribution in [1.29, 1.82) is 0 Å². The molecule has 1 amide bonds. The molecule has 1 fully saturated rings. The van der Waals surface area contributed by atoms with Crippen LogP contribution in [0.2, 0.25) is 0 Å². The Hall–Kier alpha value is -1.99. The number of nitrogen functional groups attached to an aromatic ring is 1. The molecular formula is C12H13N5OS. The van der Waals surface area contributed by atoms with Crippen LogP contribution in [-0.2, 0) is 0 Å². The number of amides is 1. The minimum atomic E-state index is -0.215. The Morgan fingerprint density at radius 2 is 2.26 bits per heavy atom. The van der Waals surface area contributed by atoms with Crippen LogP contribution in [0.4, 0.5) is 10.9 Å². The highest BCUT2D eigenvalue weighted by atomic mass is 32.1. The zero-order valence-electron chi connectivity index (χ0n) is 10.1. The molecule has 4 N–H and O–H groups in total. The zero-order valence-corrected chi connectivity index (χ0v) is 10.9. The van der Waals surface area contributed by atoms with E-state index in [0.29, 0.717) is 22.4 Å². The van der Waals surface area contributed by atoms with Crippen LogP contribution in [0.1, 0.15) is 34.8 Å². The molecule has 2 aromatic rings. The fourth-order valence-electron chi connectivity index (χ4n) is 1.69. The maximum Gasteiger partial charge on any atom is 0.259 e. The molecule has 0 saturated heterocycles. The van der Waals surface area contributed by atoms with Crippen LogP contribution < -0.4 is 16.6 Å². The lowest BCUT2D eigenvalue weighted by Gasteiger charge is -2.02. The Balaban J connectivity index is 1.68. The van der Waals surface area contributed by atoms with Gasteiger partial charge in [-0.25, -0.2) is 15.8 Å². The number of pyridine rings is 1. The van der Waals surface area contributed by atoms with Crippen LogP contribution in [0.3, 0.4) is 0 Å². The van der Waals surface area contributed by atoms with E-state index < -0.39 is 0 Å². The monoisotopic (exact) mass is 275 g/mol. The maximum atomic E-state index is 12.0. The summed E-state index contributed by atoms with van der Waals surface area (Å²) in [4.78, 5) is 20.4. The fourth-order valence-corrected chi connectivity index (χ4v) is 2.48. The first-order chi connectivity index (χ1) is 9.26. The van der Waals surface area contributed by atoms with Crippen molar-refractivity contribution in [2.45, 2.75) is 18.8 Å². The molecule has 0 radical (unpaired) electrons. The quantitative estimate of drug-likeness (QED) is 0.586. The number of carbonyl (C=O) groups excluding carboxylic acids is 1. The molecule has 2 heterocycles. The Labute approximate surface area is 114 Å². The van der Waals surface area contributed by atoms with Crippen molar-refractivity contribution in [3.63, 3.8) is 0 Å². The normalized spacial score (nSPS) is 14.2. The number of anilines is 2. The average Bonchev–Trinajstić information content (AvgIpc) is 3.20. The minimum absolute atomic E-state index is 0.215. The molecule has 0 bridgehead atoms. The molecule has 0 atom stereocenters. The molecule has 0 aliphatic heterocycles. The van der Waals surface area contributed by atoms with Gasteiger partial charge in [-0.1, -0.05) is 0 Å². The van der Waals surface area contributed by atoms with Crippen molar-refractivity contribution in [3.8, 4) is 0 Å². The van der Waals surface area contributed by atoms with Gasteiger partial charge in [0.25, 0.3) is 5.91 Å². The lowest BCUT2D eigenvalue weighted by Crippen LogP contribution is -2.13. The first-order valence-corrected chi connectivity index (χ1v) is 6.83. The number of hydrogen-bond acceptors (Lipinski definition) is 6. The summed E-state index contributed by atoms with van der Waals surface area (Å²) in [6.45, 7) is 0. The van der Waals surface area contributed by atoms with E-state index >= 15 is 0 Å². The molecule has 0 unspecified atom stereocenters. The van der Waals surface area contributed by atoms with E-state index in [-0.39, 0.29) is 5.91 Å². The molecule has 6 nitrogen and oxygen atoms in total. The molecule has 3 rings (SSSR count). The van der Waals surface area contributed by atoms with Crippen molar-refractivity contribution in [2.75, 3.05) is 10.7 Å². The van der Waals surface area contributed by atoms with E-state index in [0.717, 1.165) is 5.69 Å². The van der Waals surface area contributed by atoms with Crippen LogP contribution >= 0.6 is 11.3 Å². The predicted octanol–water partition coefficient (Wildman–Crippen LogP) is 1.95. The molecule has 19 heavy (non-hydrogen) atoms. The van der Waals surface area contributed by atoms with Crippen molar-refractivity contribution >= 4 is 28.2 Å². The van der Waals surface area contributed by atoms with Crippen molar-refractivity contribution in [3.05, 3.63) is 35.0 Å². The summed E-state index contributed by atoms with van der Waals surface area (Å²) in [5.74, 6) is 6.11. The van der Waals surface area contributed by atoms with Crippen LogP contribution in [0, 0.1) is 0 Å². The number of hydrazine groups is 1. The zero-order chi connectivity index (χ0) is 13.2. The van der Waals surface area contributed by atoms with E-state index in [9.17, 15) is 4.79 Å². The van der Waals surface area contributed by atoms with Crippen LogP contribution in [-0.4, -0.2) is 15.9 Å². The molecular weight excluding hydrogens is 262 g/mol. The number of nitrogens with one attached hydrogen (secondary N) is 2. The number of hydrogen-bond donors (Lipinski definition) is 3.